The molecule has 1 radical (unpaired) electrons. The first kappa shape index (κ1) is 9.61. The van der Waals surface area contributed by atoms with Crippen molar-refractivity contribution in [3.8, 4) is 0 Å². The molecule has 0 fully saturated rings. The Morgan fingerprint density at radius 1 is 1.56 bits per heavy atom. The number of allylic oxidation sites excluding steroid dienone is 2. The summed E-state index contributed by atoms with van der Waals surface area (Å²) in [6.07, 6.45) is 2.44. The van der Waals surface area contributed by atoms with Crippen molar-refractivity contribution in [3.63, 3.8) is 0 Å². The zero-order valence-electron chi connectivity index (χ0n) is 5.13. The fraction of sp³-hybridized carbons (Fsp3) is 0.500. The van der Waals surface area contributed by atoms with Crippen LogP contribution in [0.2, 0.25) is 0 Å². The maximum Gasteiger partial charge on any atom is 0.211 e. The predicted octanol–water partition coefficient (Wildman–Crippen LogP) is 3.53. The molecule has 0 aliphatic carbocycles. The molecular formula is C6H8Cl3. The molecule has 0 bridgehead atoms. The molecule has 0 unspecified atom stereocenters. The van der Waals surface area contributed by atoms with E-state index in [1.165, 1.54) is 0 Å². The van der Waals surface area contributed by atoms with Crippen molar-refractivity contribution >= 4 is 34.8 Å². The van der Waals surface area contributed by atoms with Crippen LogP contribution >= 0.6 is 34.8 Å². The van der Waals surface area contributed by atoms with E-state index < -0.39 is 3.79 Å². The summed E-state index contributed by atoms with van der Waals surface area (Å²) >= 11 is 16.5. The summed E-state index contributed by atoms with van der Waals surface area (Å²) in [4.78, 5) is 0. The summed E-state index contributed by atoms with van der Waals surface area (Å²) in [5.74, 6) is 0. The van der Waals surface area contributed by atoms with Gasteiger partial charge < -0.3 is 0 Å². The van der Waals surface area contributed by atoms with Crippen molar-refractivity contribution in [1.29, 1.82) is 0 Å². The Bertz CT molecular complexity index is 110. The summed E-state index contributed by atoms with van der Waals surface area (Å²) in [7, 11) is 0. The highest BCUT2D eigenvalue weighted by molar-refractivity contribution is 6.69. The van der Waals surface area contributed by atoms with Gasteiger partial charge in [-0.15, -0.1) is 0 Å². The van der Waals surface area contributed by atoms with Crippen LogP contribution < -0.4 is 0 Å². The third-order valence-electron chi connectivity index (χ3n) is 0.898. The van der Waals surface area contributed by atoms with Gasteiger partial charge in [0.2, 0.25) is 3.79 Å². The van der Waals surface area contributed by atoms with Crippen LogP contribution in [0.1, 0.15) is 13.3 Å². The van der Waals surface area contributed by atoms with Crippen LogP contribution in [0.4, 0.5) is 0 Å². The lowest BCUT2D eigenvalue weighted by Crippen LogP contribution is -2.02. The standard InChI is InChI=1S/C6H8Cl3/c1-3-4-5(2)6(7,8)9/h4H,1,3H2,2H3/b5-4+. The molecule has 0 nitrogen and oxygen atoms in total. The lowest BCUT2D eigenvalue weighted by Gasteiger charge is -2.09. The van der Waals surface area contributed by atoms with Crippen LogP contribution in [0.25, 0.3) is 0 Å². The Morgan fingerprint density at radius 3 is 2.11 bits per heavy atom. The second-order valence-corrected chi connectivity index (χ2v) is 3.95. The molecule has 0 aliphatic heterocycles. The molecule has 0 heterocycles. The van der Waals surface area contributed by atoms with Crippen LogP contribution in [0.5, 0.6) is 0 Å². The Labute approximate surface area is 70.8 Å². The lowest BCUT2D eigenvalue weighted by atomic mass is 10.3. The molecule has 3 heteroatoms. The average Bonchev–Trinajstić information content (AvgIpc) is 1.64. The first-order valence-corrected chi connectivity index (χ1v) is 3.65. The van der Waals surface area contributed by atoms with Crippen molar-refractivity contribution in [1.82, 2.24) is 0 Å². The Balaban J connectivity index is 4.03. The number of alkyl halides is 3. The zero-order valence-corrected chi connectivity index (χ0v) is 7.39. The van der Waals surface area contributed by atoms with E-state index in [-0.39, 0.29) is 0 Å². The highest BCUT2D eigenvalue weighted by Crippen LogP contribution is 2.34. The summed E-state index contributed by atoms with van der Waals surface area (Å²) in [5.41, 5.74) is 0.725. The molecule has 9 heavy (non-hydrogen) atoms. The van der Waals surface area contributed by atoms with Crippen LogP contribution in [0.15, 0.2) is 11.6 Å². The van der Waals surface area contributed by atoms with Gasteiger partial charge in [0.15, 0.2) is 0 Å². The van der Waals surface area contributed by atoms with Gasteiger partial charge in [-0.1, -0.05) is 40.9 Å². The van der Waals surface area contributed by atoms with Crippen molar-refractivity contribution < 1.29 is 0 Å². The Kier molecular flexibility index (Phi) is 3.95. The quantitative estimate of drug-likeness (QED) is 0.434. The molecule has 0 aromatic rings. The van der Waals surface area contributed by atoms with Gasteiger partial charge in [-0.25, -0.2) is 0 Å². The lowest BCUT2D eigenvalue weighted by molar-refractivity contribution is 1.19. The third kappa shape index (κ3) is 4.07. The molecule has 0 aromatic heterocycles. The van der Waals surface area contributed by atoms with E-state index in [1.54, 1.807) is 13.0 Å². The van der Waals surface area contributed by atoms with Gasteiger partial charge in [-0.05, 0) is 25.8 Å². The predicted molar refractivity (Wildman–Crippen MR) is 44.0 cm³/mol. The van der Waals surface area contributed by atoms with E-state index in [1.807, 2.05) is 0 Å². The van der Waals surface area contributed by atoms with E-state index in [4.69, 9.17) is 34.8 Å². The Hall–Kier alpha value is 0.610. The monoisotopic (exact) mass is 185 g/mol. The maximum atomic E-state index is 5.50. The molecule has 0 saturated carbocycles. The summed E-state index contributed by atoms with van der Waals surface area (Å²) < 4.78 is -1.25. The van der Waals surface area contributed by atoms with Crippen LogP contribution in [-0.2, 0) is 0 Å². The van der Waals surface area contributed by atoms with Gasteiger partial charge in [0.1, 0.15) is 0 Å². The van der Waals surface area contributed by atoms with Gasteiger partial charge >= 0.3 is 0 Å². The number of hydrogen-bond donors (Lipinski definition) is 0. The molecule has 0 saturated heterocycles. The smallest absolute Gasteiger partial charge is 0.0814 e. The molecule has 0 N–H and O–H groups in total. The molecule has 53 valence electrons. The van der Waals surface area contributed by atoms with E-state index in [0.717, 1.165) is 5.57 Å². The zero-order chi connectivity index (χ0) is 7.49. The maximum absolute atomic E-state index is 5.50. The highest BCUT2D eigenvalue weighted by atomic mass is 35.6. The summed E-state index contributed by atoms with van der Waals surface area (Å²) in [6.45, 7) is 5.35. The average molecular weight is 186 g/mol. The molecule has 0 amide bonds. The minimum atomic E-state index is -1.25. The molecule has 0 aromatic carbocycles. The van der Waals surface area contributed by atoms with Gasteiger partial charge in [-0.2, -0.15) is 0 Å². The molecule has 0 aliphatic rings. The van der Waals surface area contributed by atoms with Gasteiger partial charge in [0.05, 0.1) is 0 Å². The molecule has 0 atom stereocenters. The number of halogens is 3. The number of hydrogen-bond acceptors (Lipinski definition) is 0. The van der Waals surface area contributed by atoms with Gasteiger partial charge in [0, 0.05) is 0 Å². The van der Waals surface area contributed by atoms with Crippen LogP contribution in [0, 0.1) is 6.92 Å². The fourth-order valence-electron chi connectivity index (χ4n) is 0.332. The van der Waals surface area contributed by atoms with Crippen LogP contribution in [0.3, 0.4) is 0 Å². The van der Waals surface area contributed by atoms with Crippen molar-refractivity contribution in [2.24, 2.45) is 0 Å². The van der Waals surface area contributed by atoms with Crippen molar-refractivity contribution in [2.75, 3.05) is 0 Å². The van der Waals surface area contributed by atoms with Crippen molar-refractivity contribution in [3.05, 3.63) is 18.6 Å². The van der Waals surface area contributed by atoms with Gasteiger partial charge in [0.25, 0.3) is 0 Å². The van der Waals surface area contributed by atoms with E-state index in [2.05, 4.69) is 6.92 Å². The fourth-order valence-corrected chi connectivity index (χ4v) is 0.564. The van der Waals surface area contributed by atoms with E-state index in [0.29, 0.717) is 6.42 Å². The first-order chi connectivity index (χ1) is 3.98. The largest absolute Gasteiger partial charge is 0.211 e. The summed E-state index contributed by atoms with van der Waals surface area (Å²) in [6, 6.07) is 0. The van der Waals surface area contributed by atoms with E-state index in [9.17, 15) is 0 Å². The number of rotatable bonds is 1. The second kappa shape index (κ2) is 3.70. The van der Waals surface area contributed by atoms with Crippen LogP contribution in [-0.4, -0.2) is 3.79 Å². The second-order valence-electron chi connectivity index (χ2n) is 1.67. The third-order valence-corrected chi connectivity index (χ3v) is 1.79. The van der Waals surface area contributed by atoms with Gasteiger partial charge in [-0.3, -0.25) is 0 Å². The molecule has 0 rings (SSSR count). The highest BCUT2D eigenvalue weighted by Gasteiger charge is 2.20. The summed E-state index contributed by atoms with van der Waals surface area (Å²) in [5, 5.41) is 0. The van der Waals surface area contributed by atoms with E-state index >= 15 is 0 Å². The SMILES string of the molecule is [CH2]C/C=C(\C)C(Cl)(Cl)Cl. The molecular weight excluding hydrogens is 178 g/mol. The first-order valence-electron chi connectivity index (χ1n) is 2.51. The van der Waals surface area contributed by atoms with Crippen molar-refractivity contribution in [2.45, 2.75) is 17.1 Å². The normalized spacial score (nSPS) is 14.1. The Morgan fingerprint density at radius 2 is 2.00 bits per heavy atom. The molecule has 0 spiro atoms. The topological polar surface area (TPSA) is 0 Å². The minimum Gasteiger partial charge on any atom is -0.0814 e. The minimum absolute atomic E-state index is 0.653.